The van der Waals surface area contributed by atoms with Crippen molar-refractivity contribution in [3.05, 3.63) is 59.9 Å². The highest BCUT2D eigenvalue weighted by molar-refractivity contribution is 5.18. The van der Waals surface area contributed by atoms with Crippen molar-refractivity contribution in [3.63, 3.8) is 0 Å². The fraction of sp³-hybridized carbons (Fsp3) is 0.286. The SMILES string of the molecule is C[C@@H](NCc1ccn(C)c1)c1ccccc1. The lowest BCUT2D eigenvalue weighted by Gasteiger charge is -2.13. The Morgan fingerprint density at radius 1 is 1.19 bits per heavy atom. The van der Waals surface area contributed by atoms with Crippen LogP contribution in [0.5, 0.6) is 0 Å². The summed E-state index contributed by atoms with van der Waals surface area (Å²) in [5, 5.41) is 3.52. The van der Waals surface area contributed by atoms with E-state index in [4.69, 9.17) is 0 Å². The van der Waals surface area contributed by atoms with E-state index in [-0.39, 0.29) is 0 Å². The predicted molar refractivity (Wildman–Crippen MR) is 67.1 cm³/mol. The van der Waals surface area contributed by atoms with E-state index < -0.39 is 0 Å². The van der Waals surface area contributed by atoms with Crippen molar-refractivity contribution in [2.75, 3.05) is 0 Å². The van der Waals surface area contributed by atoms with Crippen LogP contribution in [0.3, 0.4) is 0 Å². The molecule has 2 aromatic rings. The van der Waals surface area contributed by atoms with Crippen LogP contribution in [0.25, 0.3) is 0 Å². The zero-order valence-electron chi connectivity index (χ0n) is 9.85. The fourth-order valence-corrected chi connectivity index (χ4v) is 1.80. The van der Waals surface area contributed by atoms with Crippen LogP contribution >= 0.6 is 0 Å². The Bertz CT molecular complexity index is 431. The molecular weight excluding hydrogens is 196 g/mol. The van der Waals surface area contributed by atoms with E-state index in [0.29, 0.717) is 6.04 Å². The molecule has 2 nitrogen and oxygen atoms in total. The summed E-state index contributed by atoms with van der Waals surface area (Å²) < 4.78 is 2.07. The molecule has 16 heavy (non-hydrogen) atoms. The van der Waals surface area contributed by atoms with E-state index in [9.17, 15) is 0 Å². The van der Waals surface area contributed by atoms with Gasteiger partial charge in [0, 0.05) is 32.0 Å². The summed E-state index contributed by atoms with van der Waals surface area (Å²) in [6, 6.07) is 13.1. The van der Waals surface area contributed by atoms with Gasteiger partial charge in [0.25, 0.3) is 0 Å². The molecule has 1 atom stereocenters. The van der Waals surface area contributed by atoms with Gasteiger partial charge < -0.3 is 9.88 Å². The van der Waals surface area contributed by atoms with Gasteiger partial charge >= 0.3 is 0 Å². The molecule has 0 unspecified atom stereocenters. The molecule has 2 rings (SSSR count). The summed E-state index contributed by atoms with van der Waals surface area (Å²) >= 11 is 0. The molecule has 1 N–H and O–H groups in total. The number of benzene rings is 1. The standard InChI is InChI=1S/C14H18N2/c1-12(14-6-4-3-5-7-14)15-10-13-8-9-16(2)11-13/h3-9,11-12,15H,10H2,1-2H3/t12-/m1/s1. The maximum Gasteiger partial charge on any atom is 0.0294 e. The van der Waals surface area contributed by atoms with Crippen LogP contribution in [-0.2, 0) is 13.6 Å². The maximum absolute atomic E-state index is 3.52. The molecule has 0 aliphatic rings. The molecule has 0 fully saturated rings. The van der Waals surface area contributed by atoms with Crippen molar-refractivity contribution in [2.24, 2.45) is 7.05 Å². The highest BCUT2D eigenvalue weighted by Gasteiger charge is 2.03. The van der Waals surface area contributed by atoms with Gasteiger partial charge in [-0.1, -0.05) is 30.3 Å². The van der Waals surface area contributed by atoms with Crippen molar-refractivity contribution in [1.82, 2.24) is 9.88 Å². The smallest absolute Gasteiger partial charge is 0.0294 e. The van der Waals surface area contributed by atoms with Gasteiger partial charge in [0.1, 0.15) is 0 Å². The van der Waals surface area contributed by atoms with Gasteiger partial charge in [0.15, 0.2) is 0 Å². The molecule has 0 spiro atoms. The van der Waals surface area contributed by atoms with Crippen LogP contribution in [0, 0.1) is 0 Å². The minimum absolute atomic E-state index is 0.390. The summed E-state index contributed by atoms with van der Waals surface area (Å²) in [6.07, 6.45) is 4.22. The largest absolute Gasteiger partial charge is 0.357 e. The second-order valence-corrected chi connectivity index (χ2v) is 4.20. The average Bonchev–Trinajstić information content (AvgIpc) is 2.73. The van der Waals surface area contributed by atoms with E-state index in [1.54, 1.807) is 0 Å². The summed E-state index contributed by atoms with van der Waals surface area (Å²) in [5.74, 6) is 0. The highest BCUT2D eigenvalue weighted by atomic mass is 14.9. The molecular formula is C14H18N2. The Kier molecular flexibility index (Phi) is 3.42. The van der Waals surface area contributed by atoms with Crippen LogP contribution in [0.2, 0.25) is 0 Å². The second-order valence-electron chi connectivity index (χ2n) is 4.20. The minimum atomic E-state index is 0.390. The molecule has 1 heterocycles. The van der Waals surface area contributed by atoms with Gasteiger partial charge in [-0.05, 0) is 24.1 Å². The van der Waals surface area contributed by atoms with Gasteiger partial charge in [0.05, 0.1) is 0 Å². The zero-order chi connectivity index (χ0) is 11.4. The Hall–Kier alpha value is -1.54. The van der Waals surface area contributed by atoms with E-state index in [1.807, 2.05) is 13.1 Å². The number of nitrogens with zero attached hydrogens (tertiary/aromatic N) is 1. The quantitative estimate of drug-likeness (QED) is 0.828. The van der Waals surface area contributed by atoms with Crippen molar-refractivity contribution in [2.45, 2.75) is 19.5 Å². The Labute approximate surface area is 96.9 Å². The van der Waals surface area contributed by atoms with Crippen molar-refractivity contribution < 1.29 is 0 Å². The topological polar surface area (TPSA) is 17.0 Å². The Morgan fingerprint density at radius 3 is 2.56 bits per heavy atom. The summed E-state index contributed by atoms with van der Waals surface area (Å²) in [6.45, 7) is 3.11. The van der Waals surface area contributed by atoms with E-state index in [2.05, 4.69) is 59.5 Å². The highest BCUT2D eigenvalue weighted by Crippen LogP contribution is 2.12. The molecule has 0 aliphatic heterocycles. The molecule has 0 amide bonds. The molecule has 0 radical (unpaired) electrons. The van der Waals surface area contributed by atoms with Crippen LogP contribution in [0.15, 0.2) is 48.8 Å². The second kappa shape index (κ2) is 4.99. The molecule has 0 aliphatic carbocycles. The molecule has 1 aromatic carbocycles. The number of hydrogen-bond acceptors (Lipinski definition) is 1. The van der Waals surface area contributed by atoms with Crippen LogP contribution in [-0.4, -0.2) is 4.57 Å². The first-order valence-corrected chi connectivity index (χ1v) is 5.65. The van der Waals surface area contributed by atoms with Crippen molar-refractivity contribution in [1.29, 1.82) is 0 Å². The summed E-state index contributed by atoms with van der Waals surface area (Å²) in [5.41, 5.74) is 2.66. The van der Waals surface area contributed by atoms with E-state index in [1.165, 1.54) is 11.1 Å². The van der Waals surface area contributed by atoms with Crippen LogP contribution in [0.4, 0.5) is 0 Å². The third kappa shape index (κ3) is 2.74. The fourth-order valence-electron chi connectivity index (χ4n) is 1.80. The molecule has 84 valence electrons. The van der Waals surface area contributed by atoms with Crippen molar-refractivity contribution in [3.8, 4) is 0 Å². The zero-order valence-corrected chi connectivity index (χ0v) is 9.85. The van der Waals surface area contributed by atoms with Gasteiger partial charge in [-0.3, -0.25) is 0 Å². The first-order valence-electron chi connectivity index (χ1n) is 5.65. The molecule has 0 saturated heterocycles. The Balaban J connectivity index is 1.91. The third-order valence-corrected chi connectivity index (χ3v) is 2.81. The normalized spacial score (nSPS) is 12.6. The molecule has 1 aromatic heterocycles. The predicted octanol–water partition coefficient (Wildman–Crippen LogP) is 2.88. The summed E-state index contributed by atoms with van der Waals surface area (Å²) in [7, 11) is 2.05. The van der Waals surface area contributed by atoms with Gasteiger partial charge in [-0.2, -0.15) is 0 Å². The van der Waals surface area contributed by atoms with E-state index >= 15 is 0 Å². The maximum atomic E-state index is 3.52. The first-order chi connectivity index (χ1) is 7.75. The molecule has 0 saturated carbocycles. The van der Waals surface area contributed by atoms with Gasteiger partial charge in [-0.25, -0.2) is 0 Å². The monoisotopic (exact) mass is 214 g/mol. The lowest BCUT2D eigenvalue weighted by atomic mass is 10.1. The lowest BCUT2D eigenvalue weighted by Crippen LogP contribution is -2.17. The van der Waals surface area contributed by atoms with Gasteiger partial charge in [-0.15, -0.1) is 0 Å². The number of nitrogens with one attached hydrogen (secondary N) is 1. The van der Waals surface area contributed by atoms with Crippen LogP contribution in [0.1, 0.15) is 24.1 Å². The summed E-state index contributed by atoms with van der Waals surface area (Å²) in [4.78, 5) is 0. The number of aromatic nitrogens is 1. The molecule has 0 bridgehead atoms. The first kappa shape index (κ1) is 11.0. The number of aryl methyl sites for hydroxylation is 1. The number of hydrogen-bond donors (Lipinski definition) is 1. The Morgan fingerprint density at radius 2 is 1.94 bits per heavy atom. The van der Waals surface area contributed by atoms with E-state index in [0.717, 1.165) is 6.54 Å². The van der Waals surface area contributed by atoms with Gasteiger partial charge in [0.2, 0.25) is 0 Å². The third-order valence-electron chi connectivity index (χ3n) is 2.81. The van der Waals surface area contributed by atoms with Crippen molar-refractivity contribution >= 4 is 0 Å². The average molecular weight is 214 g/mol. The molecule has 2 heteroatoms. The number of rotatable bonds is 4. The minimum Gasteiger partial charge on any atom is -0.357 e. The van der Waals surface area contributed by atoms with Crippen LogP contribution < -0.4 is 5.32 Å². The lowest BCUT2D eigenvalue weighted by molar-refractivity contribution is 0.574.